The van der Waals surface area contributed by atoms with E-state index in [-0.39, 0.29) is 18.6 Å². The Hall–Kier alpha value is 0.253. The van der Waals surface area contributed by atoms with Gasteiger partial charge in [-0.15, -0.1) is 12.8 Å². The Morgan fingerprint density at radius 3 is 1.07 bits per heavy atom. The number of ether oxygens (including phenoxy) is 5. The van der Waals surface area contributed by atoms with Crippen LogP contribution in [0.25, 0.3) is 0 Å². The first kappa shape index (κ1) is 63.9. The fourth-order valence-electron chi connectivity index (χ4n) is 2.95. The van der Waals surface area contributed by atoms with Crippen molar-refractivity contribution in [3.05, 3.63) is 0 Å². The van der Waals surface area contributed by atoms with Gasteiger partial charge in [0, 0.05) is 59.5 Å². The molecule has 0 heterocycles. The molecular formula is C31H66Cl4N2O7Zn. The summed E-state index contributed by atoms with van der Waals surface area (Å²) in [5.41, 5.74) is 0. The fourth-order valence-corrected chi connectivity index (χ4v) is 2.95. The average molecular weight is 786 g/mol. The second kappa shape index (κ2) is 63.0. The average Bonchev–Trinajstić information content (AvgIpc) is 2.95. The summed E-state index contributed by atoms with van der Waals surface area (Å²) in [4.78, 5) is 14.1. The van der Waals surface area contributed by atoms with Crippen LogP contribution in [0, 0.1) is 24.7 Å². The Morgan fingerprint density at radius 1 is 0.756 bits per heavy atom. The normalized spacial score (nSPS) is 8.89. The second-order valence-electron chi connectivity index (χ2n) is 9.02. The number of nitrogens with zero attached hydrogens (tertiary/aromatic N) is 2. The van der Waals surface area contributed by atoms with Crippen molar-refractivity contribution in [1.29, 1.82) is 0 Å². The van der Waals surface area contributed by atoms with Crippen LogP contribution in [0.5, 0.6) is 0 Å². The van der Waals surface area contributed by atoms with Gasteiger partial charge in [0.1, 0.15) is 32.9 Å². The molecule has 0 aromatic heterocycles. The second-order valence-corrected chi connectivity index (χ2v) is 14.4. The molecule has 0 aliphatic heterocycles. The standard InChI is InChI=1S/2C8H19N.C5H8O2.C3H8O2.C3H4O.C2H5ClO.C2H3ClO.2ClH.Zn/c2*1-6-9(7(2)3)8(4)5;1-3-4-7-5-6-2;1-4-3-5-2;1-2-3-4;1-4-2-3;1-2(3)4;;;/h2*7-8H,6H2,1-5H3;1H,4-5H2,2H3;3H2,1-2H3;1,4H,3H2;2H2,1H3;1H3;2*1H;/q;;;;;;;;;+2/p-2. The van der Waals surface area contributed by atoms with E-state index in [1.54, 1.807) is 28.4 Å². The van der Waals surface area contributed by atoms with Crippen molar-refractivity contribution in [2.75, 3.05) is 74.4 Å². The van der Waals surface area contributed by atoms with Crippen LogP contribution in [0.4, 0.5) is 0 Å². The molecule has 0 unspecified atom stereocenters. The van der Waals surface area contributed by atoms with Crippen molar-refractivity contribution in [1.82, 2.24) is 9.80 Å². The zero-order chi connectivity index (χ0) is 37.6. The first-order valence-electron chi connectivity index (χ1n) is 14.4. The first-order chi connectivity index (χ1) is 21.0. The summed E-state index contributed by atoms with van der Waals surface area (Å²) in [6.07, 6.45) is 9.37. The van der Waals surface area contributed by atoms with Crippen molar-refractivity contribution >= 4 is 47.8 Å². The van der Waals surface area contributed by atoms with Crippen LogP contribution in [0.2, 0.25) is 0 Å². The number of aliphatic hydroxyl groups is 1. The number of terminal acetylenes is 2. The molecule has 45 heavy (non-hydrogen) atoms. The van der Waals surface area contributed by atoms with Crippen LogP contribution in [0.1, 0.15) is 76.2 Å². The minimum absolute atomic E-state index is 0.153. The van der Waals surface area contributed by atoms with Crippen LogP contribution < -0.4 is 0 Å². The minimum atomic E-state index is -0.931. The van der Waals surface area contributed by atoms with Crippen molar-refractivity contribution in [3.63, 3.8) is 0 Å². The molecule has 0 bridgehead atoms. The molecule has 0 aromatic carbocycles. The Labute approximate surface area is 304 Å². The van der Waals surface area contributed by atoms with E-state index >= 15 is 0 Å². The molecule has 0 rings (SSSR count). The van der Waals surface area contributed by atoms with Gasteiger partial charge in [0.2, 0.25) is 5.24 Å². The molecule has 0 spiro atoms. The van der Waals surface area contributed by atoms with E-state index in [0.29, 0.717) is 43.6 Å². The molecule has 0 aliphatic carbocycles. The van der Waals surface area contributed by atoms with Gasteiger partial charge in [-0.3, -0.25) is 14.6 Å². The summed E-state index contributed by atoms with van der Waals surface area (Å²) in [5.74, 6) is 4.29. The van der Waals surface area contributed by atoms with Gasteiger partial charge in [-0.25, -0.2) is 0 Å². The molecule has 0 amide bonds. The molecule has 9 nitrogen and oxygen atoms in total. The molecular weight excluding hydrogens is 720 g/mol. The number of carbonyl (C=O) groups is 1. The number of halogens is 4. The van der Waals surface area contributed by atoms with E-state index in [2.05, 4.69) is 127 Å². The van der Waals surface area contributed by atoms with E-state index in [0.717, 1.165) is 13.1 Å². The van der Waals surface area contributed by atoms with Gasteiger partial charge in [0.05, 0.1) is 0 Å². The molecule has 0 saturated heterocycles. The van der Waals surface area contributed by atoms with Crippen LogP contribution in [0.15, 0.2) is 0 Å². The number of aliphatic hydroxyl groups excluding tert-OH is 1. The number of methoxy groups -OCH3 is 4. The number of rotatable bonds is 12. The maximum absolute atomic E-state index is 9.21. The van der Waals surface area contributed by atoms with E-state index in [1.165, 1.54) is 6.92 Å². The van der Waals surface area contributed by atoms with Crippen molar-refractivity contribution in [3.8, 4) is 24.7 Å². The topological polar surface area (TPSA) is 89.9 Å². The van der Waals surface area contributed by atoms with E-state index in [1.807, 2.05) is 5.92 Å². The number of alkyl halides is 1. The number of hydrogen-bond donors (Lipinski definition) is 1. The van der Waals surface area contributed by atoms with E-state index in [4.69, 9.17) is 42.5 Å². The Balaban J connectivity index is -0.0000000598. The van der Waals surface area contributed by atoms with Crippen molar-refractivity contribution < 1.29 is 48.7 Å². The van der Waals surface area contributed by atoms with Crippen LogP contribution in [-0.2, 0) is 43.6 Å². The number of hydrogen-bond acceptors (Lipinski definition) is 9. The van der Waals surface area contributed by atoms with Gasteiger partial charge in [-0.05, 0) is 80.1 Å². The van der Waals surface area contributed by atoms with Gasteiger partial charge in [0.25, 0.3) is 0 Å². The molecule has 0 atom stereocenters. The zero-order valence-electron chi connectivity index (χ0n) is 30.9. The van der Waals surface area contributed by atoms with E-state index in [9.17, 15) is 4.79 Å². The monoisotopic (exact) mass is 782 g/mol. The predicted octanol–water partition coefficient (Wildman–Crippen LogP) is 7.32. The predicted molar refractivity (Wildman–Crippen MR) is 193 cm³/mol. The number of carbonyl (C=O) groups excluding carboxylic acids is 1. The quantitative estimate of drug-likeness (QED) is 0.0547. The molecule has 0 saturated carbocycles. The molecule has 0 aliphatic rings. The molecule has 0 aromatic rings. The molecule has 0 fully saturated rings. The molecule has 272 valence electrons. The van der Waals surface area contributed by atoms with E-state index < -0.39 is 15.1 Å². The summed E-state index contributed by atoms with van der Waals surface area (Å²) in [6, 6.07) is 3.05. The van der Waals surface area contributed by atoms with Gasteiger partial charge >= 0.3 is 34.5 Å². The Kier molecular flexibility index (Phi) is 89.4. The van der Waals surface area contributed by atoms with Gasteiger partial charge < -0.3 is 28.8 Å². The fraction of sp³-hybridized carbons (Fsp3) is 0.839. The molecule has 0 radical (unpaired) electrons. The SMILES string of the molecule is C#CCO.C#CCOCOC.CC(=O)Cl.CCN(C(C)C)C(C)C.CCN(C(C)C)C(C)C.COCCl.COCOC.[Cl][Zn][Cl]. The Bertz CT molecular complexity index is 539. The van der Waals surface area contributed by atoms with Crippen molar-refractivity contribution in [2.24, 2.45) is 0 Å². The van der Waals surface area contributed by atoms with Gasteiger partial charge in [-0.1, -0.05) is 37.3 Å². The molecule has 1 N–H and O–H groups in total. The van der Waals surface area contributed by atoms with Gasteiger partial charge in [-0.2, -0.15) is 0 Å². The summed E-state index contributed by atoms with van der Waals surface area (Å²) in [5, 5.41) is 7.28. The summed E-state index contributed by atoms with van der Waals surface area (Å²) >= 11 is 8.67. The zero-order valence-corrected chi connectivity index (χ0v) is 36.9. The van der Waals surface area contributed by atoms with Crippen LogP contribution in [0.3, 0.4) is 0 Å². The third kappa shape index (κ3) is 99.0. The van der Waals surface area contributed by atoms with Crippen LogP contribution in [-0.4, -0.2) is 119 Å². The Morgan fingerprint density at radius 2 is 1.00 bits per heavy atom. The summed E-state index contributed by atoms with van der Waals surface area (Å²) in [6.45, 7) is 26.8. The van der Waals surface area contributed by atoms with Gasteiger partial charge in [0.15, 0.2) is 0 Å². The molecule has 14 heteroatoms. The third-order valence-corrected chi connectivity index (χ3v) is 4.42. The third-order valence-electron chi connectivity index (χ3n) is 4.21. The maximum atomic E-state index is 9.21. The van der Waals surface area contributed by atoms with Crippen LogP contribution >= 0.6 is 42.6 Å². The summed E-state index contributed by atoms with van der Waals surface area (Å²) < 4.78 is 22.4. The summed E-state index contributed by atoms with van der Waals surface area (Å²) in [7, 11) is 16.2. The van der Waals surface area contributed by atoms with Crippen molar-refractivity contribution in [2.45, 2.75) is 100 Å². The first-order valence-corrected chi connectivity index (χ1v) is 23.1.